The molecule has 0 aromatic rings. The number of ether oxygens (including phenoxy) is 1. The Kier molecular flexibility index (Phi) is 3.73. The number of piperidine rings is 1. The highest BCUT2D eigenvalue weighted by Crippen LogP contribution is 2.26. The number of amides is 1. The summed E-state index contributed by atoms with van der Waals surface area (Å²) in [5, 5.41) is 3.35. The van der Waals surface area contributed by atoms with Gasteiger partial charge in [-0.05, 0) is 40.2 Å². The van der Waals surface area contributed by atoms with Gasteiger partial charge >= 0.3 is 0 Å². The van der Waals surface area contributed by atoms with Crippen LogP contribution in [0.4, 0.5) is 0 Å². The maximum atomic E-state index is 12.3. The average molecular weight is 240 g/mol. The Morgan fingerprint density at radius 3 is 2.53 bits per heavy atom. The molecule has 2 atom stereocenters. The lowest BCUT2D eigenvalue weighted by molar-refractivity contribution is -0.137. The van der Waals surface area contributed by atoms with E-state index in [0.717, 1.165) is 32.4 Å². The Hall–Kier alpha value is -0.610. The molecule has 0 bridgehead atoms. The highest BCUT2D eigenvalue weighted by atomic mass is 16.5. The van der Waals surface area contributed by atoms with Crippen molar-refractivity contribution in [2.24, 2.45) is 5.92 Å². The van der Waals surface area contributed by atoms with Gasteiger partial charge in [0.05, 0.1) is 18.6 Å². The van der Waals surface area contributed by atoms with E-state index >= 15 is 0 Å². The maximum absolute atomic E-state index is 12.3. The van der Waals surface area contributed by atoms with Crippen molar-refractivity contribution in [3.8, 4) is 0 Å². The van der Waals surface area contributed by atoms with Gasteiger partial charge in [-0.3, -0.25) is 4.79 Å². The Balaban J connectivity index is 1.86. The summed E-state index contributed by atoms with van der Waals surface area (Å²) in [7, 11) is 2.00. The fourth-order valence-corrected chi connectivity index (χ4v) is 2.72. The highest BCUT2D eigenvalue weighted by Gasteiger charge is 2.35. The molecule has 0 aromatic carbocycles. The number of nitrogens with zero attached hydrogens (tertiary/aromatic N) is 1. The van der Waals surface area contributed by atoms with Crippen molar-refractivity contribution >= 4 is 5.91 Å². The Morgan fingerprint density at radius 2 is 2.06 bits per heavy atom. The molecule has 2 unspecified atom stereocenters. The predicted octanol–water partition coefficient (Wildman–Crippen LogP) is 1.01. The zero-order valence-electron chi connectivity index (χ0n) is 11.2. The van der Waals surface area contributed by atoms with Crippen molar-refractivity contribution in [3.63, 3.8) is 0 Å². The quantitative estimate of drug-likeness (QED) is 0.783. The summed E-state index contributed by atoms with van der Waals surface area (Å²) in [5.41, 5.74) is 0.205. The van der Waals surface area contributed by atoms with Crippen LogP contribution in [0.3, 0.4) is 0 Å². The van der Waals surface area contributed by atoms with Gasteiger partial charge in [0.25, 0.3) is 0 Å². The van der Waals surface area contributed by atoms with Gasteiger partial charge in [0.1, 0.15) is 0 Å². The van der Waals surface area contributed by atoms with Crippen molar-refractivity contribution in [2.75, 3.05) is 26.7 Å². The van der Waals surface area contributed by atoms with Crippen LogP contribution in [-0.4, -0.2) is 49.2 Å². The third kappa shape index (κ3) is 2.80. The van der Waals surface area contributed by atoms with Crippen LogP contribution in [0, 0.1) is 5.92 Å². The first-order valence-electron chi connectivity index (χ1n) is 6.63. The van der Waals surface area contributed by atoms with E-state index < -0.39 is 0 Å². The van der Waals surface area contributed by atoms with Gasteiger partial charge in [-0.15, -0.1) is 0 Å². The second-order valence-electron chi connectivity index (χ2n) is 5.71. The number of carbonyl (C=O) groups is 1. The number of hydrogen-bond acceptors (Lipinski definition) is 3. The minimum absolute atomic E-state index is 0.101. The summed E-state index contributed by atoms with van der Waals surface area (Å²) in [5.74, 6) is 0.399. The molecular weight excluding hydrogens is 216 g/mol. The summed E-state index contributed by atoms with van der Waals surface area (Å²) < 4.78 is 5.48. The number of hydrogen-bond donors (Lipinski definition) is 1. The fourth-order valence-electron chi connectivity index (χ4n) is 2.72. The van der Waals surface area contributed by atoms with Crippen LogP contribution in [-0.2, 0) is 9.53 Å². The average Bonchev–Trinajstić information content (AvgIpc) is 2.76. The normalized spacial score (nSPS) is 32.8. The molecule has 0 radical (unpaired) electrons. The Bertz CT molecular complexity index is 285. The molecule has 0 spiro atoms. The zero-order valence-corrected chi connectivity index (χ0v) is 11.2. The minimum Gasteiger partial charge on any atom is -0.378 e. The first-order chi connectivity index (χ1) is 8.04. The topological polar surface area (TPSA) is 41.6 Å². The first-order valence-corrected chi connectivity index (χ1v) is 6.63. The number of rotatable bonds is 2. The molecular formula is C13H24N2O2. The van der Waals surface area contributed by atoms with Crippen molar-refractivity contribution < 1.29 is 9.53 Å². The summed E-state index contributed by atoms with van der Waals surface area (Å²) in [6.45, 7) is 6.64. The molecule has 4 nitrogen and oxygen atoms in total. The van der Waals surface area contributed by atoms with Crippen molar-refractivity contribution in [1.29, 1.82) is 0 Å². The molecule has 2 aliphatic rings. The molecule has 0 aliphatic carbocycles. The number of carbonyl (C=O) groups excluding carboxylic acids is 1. The molecule has 17 heavy (non-hydrogen) atoms. The first kappa shape index (κ1) is 12.8. The van der Waals surface area contributed by atoms with Crippen LogP contribution in [0.5, 0.6) is 0 Å². The largest absolute Gasteiger partial charge is 0.378 e. The molecule has 2 heterocycles. The fraction of sp³-hybridized carbons (Fsp3) is 0.923. The molecule has 4 heteroatoms. The van der Waals surface area contributed by atoms with Crippen LogP contribution in [0.25, 0.3) is 0 Å². The van der Waals surface area contributed by atoms with Crippen molar-refractivity contribution in [2.45, 2.75) is 44.8 Å². The van der Waals surface area contributed by atoms with Gasteiger partial charge in [0, 0.05) is 18.6 Å². The molecule has 2 rings (SSSR count). The van der Waals surface area contributed by atoms with Gasteiger partial charge in [0.2, 0.25) is 5.91 Å². The highest BCUT2D eigenvalue weighted by molar-refractivity contribution is 5.79. The number of likely N-dealkylation sites (tertiary alicyclic amines) is 1. The van der Waals surface area contributed by atoms with E-state index in [1.165, 1.54) is 0 Å². The molecule has 0 saturated carbocycles. The lowest BCUT2D eigenvalue weighted by Gasteiger charge is -2.40. The third-order valence-corrected chi connectivity index (χ3v) is 4.33. The van der Waals surface area contributed by atoms with Crippen LogP contribution >= 0.6 is 0 Å². The van der Waals surface area contributed by atoms with E-state index in [1.54, 1.807) is 0 Å². The van der Waals surface area contributed by atoms with Crippen LogP contribution in [0.15, 0.2) is 0 Å². The summed E-state index contributed by atoms with van der Waals surface area (Å²) in [6, 6.07) is 0. The molecule has 1 N–H and O–H groups in total. The second-order valence-corrected chi connectivity index (χ2v) is 5.71. The van der Waals surface area contributed by atoms with Crippen molar-refractivity contribution in [3.05, 3.63) is 0 Å². The SMILES string of the molecule is CNC1(C)CCN(C(=O)C2COC(C)C2)CC1. The lowest BCUT2D eigenvalue weighted by Crippen LogP contribution is -2.52. The van der Waals surface area contributed by atoms with Gasteiger partial charge in [0.15, 0.2) is 0 Å². The molecule has 1 amide bonds. The summed E-state index contributed by atoms with van der Waals surface area (Å²) in [4.78, 5) is 14.3. The van der Waals surface area contributed by atoms with Gasteiger partial charge in [-0.1, -0.05) is 0 Å². The van der Waals surface area contributed by atoms with E-state index in [0.29, 0.717) is 12.5 Å². The maximum Gasteiger partial charge on any atom is 0.228 e. The lowest BCUT2D eigenvalue weighted by atomic mass is 9.89. The molecule has 2 saturated heterocycles. The minimum atomic E-state index is 0.101. The van der Waals surface area contributed by atoms with Gasteiger partial charge in [-0.2, -0.15) is 0 Å². The predicted molar refractivity (Wildman–Crippen MR) is 66.8 cm³/mol. The molecule has 0 aromatic heterocycles. The van der Waals surface area contributed by atoms with Gasteiger partial charge < -0.3 is 15.0 Å². The van der Waals surface area contributed by atoms with Crippen LogP contribution < -0.4 is 5.32 Å². The number of nitrogens with one attached hydrogen (secondary N) is 1. The van der Waals surface area contributed by atoms with Crippen LogP contribution in [0.1, 0.15) is 33.1 Å². The van der Waals surface area contributed by atoms with Crippen LogP contribution in [0.2, 0.25) is 0 Å². The van der Waals surface area contributed by atoms with Crippen molar-refractivity contribution in [1.82, 2.24) is 10.2 Å². The third-order valence-electron chi connectivity index (χ3n) is 4.33. The summed E-state index contributed by atoms with van der Waals surface area (Å²) >= 11 is 0. The summed E-state index contributed by atoms with van der Waals surface area (Å²) in [6.07, 6.45) is 3.21. The van der Waals surface area contributed by atoms with Gasteiger partial charge in [-0.25, -0.2) is 0 Å². The van der Waals surface area contributed by atoms with E-state index in [4.69, 9.17) is 4.74 Å². The Labute approximate surface area is 104 Å². The Morgan fingerprint density at radius 1 is 1.41 bits per heavy atom. The molecule has 2 aliphatic heterocycles. The second kappa shape index (κ2) is 4.94. The van der Waals surface area contributed by atoms with E-state index in [9.17, 15) is 4.79 Å². The smallest absolute Gasteiger partial charge is 0.228 e. The monoisotopic (exact) mass is 240 g/mol. The van der Waals surface area contributed by atoms with E-state index in [2.05, 4.69) is 12.2 Å². The standard InChI is InChI=1S/C13H24N2O2/c1-10-8-11(9-17-10)12(16)15-6-4-13(2,14-3)5-7-15/h10-11,14H,4-9H2,1-3H3. The van der Waals surface area contributed by atoms with E-state index in [1.807, 2.05) is 18.9 Å². The zero-order chi connectivity index (χ0) is 12.5. The molecule has 98 valence electrons. The van der Waals surface area contributed by atoms with E-state index in [-0.39, 0.29) is 17.6 Å². The molecule has 2 fully saturated rings.